The molecule has 3 aliphatic rings. The minimum Gasteiger partial charge on any atom is -0.468 e. The molecule has 0 bridgehead atoms. The summed E-state index contributed by atoms with van der Waals surface area (Å²) >= 11 is 0. The van der Waals surface area contributed by atoms with Gasteiger partial charge in [-0.25, -0.2) is 5.01 Å². The standard InChI is InChI=1S/C25H28N2O/c1-17-13-14-19(25(17,2)3)15-24-27-22(20-11-7-8-12-23(20)28-24)16-21(26-27)18-9-5-4-6-10-18/h4-12,14,17,22,24H,13,15-16H2,1-3H3/t17-,22+,24-/m1/s1. The van der Waals surface area contributed by atoms with Crippen molar-refractivity contribution in [1.29, 1.82) is 0 Å². The molecule has 2 aromatic carbocycles. The van der Waals surface area contributed by atoms with Crippen LogP contribution in [0.15, 0.2) is 71.3 Å². The van der Waals surface area contributed by atoms with Crippen molar-refractivity contribution >= 4 is 5.71 Å². The van der Waals surface area contributed by atoms with E-state index >= 15 is 0 Å². The van der Waals surface area contributed by atoms with Gasteiger partial charge in [0.25, 0.3) is 0 Å². The molecule has 144 valence electrons. The SMILES string of the molecule is C[C@@H]1CC=C(C[C@H]2Oc3ccccc3[C@@H]3CC(c4ccccc4)=NN23)C1(C)C. The molecule has 3 atom stereocenters. The molecule has 0 spiro atoms. The molecule has 2 aromatic rings. The Bertz CT molecular complexity index is 944. The van der Waals surface area contributed by atoms with E-state index in [0.717, 1.165) is 30.7 Å². The smallest absolute Gasteiger partial charge is 0.191 e. The van der Waals surface area contributed by atoms with Crippen molar-refractivity contribution in [2.75, 3.05) is 0 Å². The Morgan fingerprint density at radius 2 is 1.82 bits per heavy atom. The Morgan fingerprint density at radius 3 is 2.57 bits per heavy atom. The zero-order chi connectivity index (χ0) is 19.3. The highest BCUT2D eigenvalue weighted by molar-refractivity contribution is 6.01. The van der Waals surface area contributed by atoms with Crippen LogP contribution in [0.4, 0.5) is 0 Å². The number of rotatable bonds is 3. The number of benzene rings is 2. The number of hydrazone groups is 1. The molecule has 3 nitrogen and oxygen atoms in total. The summed E-state index contributed by atoms with van der Waals surface area (Å²) in [6, 6.07) is 19.3. The van der Waals surface area contributed by atoms with Gasteiger partial charge in [0.1, 0.15) is 5.75 Å². The highest BCUT2D eigenvalue weighted by Gasteiger charge is 2.43. The Kier molecular flexibility index (Phi) is 4.08. The second-order valence-electron chi connectivity index (χ2n) is 8.91. The summed E-state index contributed by atoms with van der Waals surface area (Å²) in [7, 11) is 0. The van der Waals surface area contributed by atoms with Crippen LogP contribution in [0.1, 0.15) is 57.2 Å². The number of hydrogen-bond donors (Lipinski definition) is 0. The first-order chi connectivity index (χ1) is 13.5. The fraction of sp³-hybridized carbons (Fsp3) is 0.400. The second-order valence-corrected chi connectivity index (χ2v) is 8.91. The molecule has 0 unspecified atom stereocenters. The van der Waals surface area contributed by atoms with E-state index in [1.165, 1.54) is 16.7 Å². The Morgan fingerprint density at radius 1 is 1.07 bits per heavy atom. The molecule has 28 heavy (non-hydrogen) atoms. The van der Waals surface area contributed by atoms with E-state index in [-0.39, 0.29) is 17.7 Å². The van der Waals surface area contributed by atoms with Crippen LogP contribution in [-0.2, 0) is 0 Å². The average Bonchev–Trinajstić information content (AvgIpc) is 3.26. The van der Waals surface area contributed by atoms with Crippen molar-refractivity contribution in [2.45, 2.75) is 52.3 Å². The Balaban J connectivity index is 1.50. The third-order valence-electron chi connectivity index (χ3n) is 7.06. The maximum absolute atomic E-state index is 6.50. The van der Waals surface area contributed by atoms with Gasteiger partial charge < -0.3 is 4.74 Å². The number of nitrogens with zero attached hydrogens (tertiary/aromatic N) is 2. The first-order valence-corrected chi connectivity index (χ1v) is 10.4. The van der Waals surface area contributed by atoms with Gasteiger partial charge in [0.2, 0.25) is 0 Å². The van der Waals surface area contributed by atoms with Crippen LogP contribution >= 0.6 is 0 Å². The van der Waals surface area contributed by atoms with Crippen LogP contribution in [0.2, 0.25) is 0 Å². The minimum atomic E-state index is -0.0445. The molecule has 3 heteroatoms. The molecule has 1 aliphatic carbocycles. The molecule has 0 N–H and O–H groups in total. The summed E-state index contributed by atoms with van der Waals surface area (Å²) < 4.78 is 6.50. The summed E-state index contributed by atoms with van der Waals surface area (Å²) in [6.45, 7) is 7.09. The van der Waals surface area contributed by atoms with Crippen LogP contribution in [0.25, 0.3) is 0 Å². The van der Waals surface area contributed by atoms with E-state index in [2.05, 4.69) is 86.5 Å². The summed E-state index contributed by atoms with van der Waals surface area (Å²) in [5.74, 6) is 1.69. The topological polar surface area (TPSA) is 24.8 Å². The summed E-state index contributed by atoms with van der Waals surface area (Å²) in [6.07, 6.45) is 5.39. The predicted octanol–water partition coefficient (Wildman–Crippen LogP) is 5.94. The maximum Gasteiger partial charge on any atom is 0.191 e. The largest absolute Gasteiger partial charge is 0.468 e. The number of fused-ring (bicyclic) bond motifs is 3. The van der Waals surface area contributed by atoms with E-state index < -0.39 is 0 Å². The van der Waals surface area contributed by atoms with Crippen LogP contribution in [0, 0.1) is 11.3 Å². The lowest BCUT2D eigenvalue weighted by Gasteiger charge is -2.40. The Hall–Kier alpha value is -2.55. The summed E-state index contributed by atoms with van der Waals surface area (Å²) in [5, 5.41) is 7.29. The first-order valence-electron chi connectivity index (χ1n) is 10.4. The molecule has 0 saturated carbocycles. The van der Waals surface area contributed by atoms with Gasteiger partial charge in [0.05, 0.1) is 11.8 Å². The lowest BCUT2D eigenvalue weighted by molar-refractivity contribution is -0.0188. The monoisotopic (exact) mass is 372 g/mol. The third-order valence-corrected chi connectivity index (χ3v) is 7.06. The van der Waals surface area contributed by atoms with Crippen molar-refractivity contribution in [1.82, 2.24) is 5.01 Å². The second kappa shape index (κ2) is 6.51. The molecule has 5 rings (SSSR count). The molecule has 2 aliphatic heterocycles. The van der Waals surface area contributed by atoms with Gasteiger partial charge in [-0.05, 0) is 29.4 Å². The van der Waals surface area contributed by atoms with E-state index in [0.29, 0.717) is 5.92 Å². The van der Waals surface area contributed by atoms with Gasteiger partial charge in [-0.3, -0.25) is 0 Å². The van der Waals surface area contributed by atoms with Gasteiger partial charge >= 0.3 is 0 Å². The van der Waals surface area contributed by atoms with Gasteiger partial charge in [-0.1, -0.05) is 81.0 Å². The highest BCUT2D eigenvalue weighted by Crippen LogP contribution is 2.48. The first kappa shape index (κ1) is 17.5. The third kappa shape index (κ3) is 2.76. The van der Waals surface area contributed by atoms with Crippen LogP contribution in [0.3, 0.4) is 0 Å². The van der Waals surface area contributed by atoms with E-state index in [4.69, 9.17) is 9.84 Å². The zero-order valence-electron chi connectivity index (χ0n) is 16.9. The van der Waals surface area contributed by atoms with Crippen molar-refractivity contribution in [2.24, 2.45) is 16.4 Å². The van der Waals surface area contributed by atoms with Gasteiger partial charge in [-0.2, -0.15) is 5.10 Å². The van der Waals surface area contributed by atoms with E-state index in [1.54, 1.807) is 0 Å². The molecule has 0 aromatic heterocycles. The molecular formula is C25H28N2O. The average molecular weight is 373 g/mol. The summed E-state index contributed by atoms with van der Waals surface area (Å²) in [4.78, 5) is 0. The quantitative estimate of drug-likeness (QED) is 0.623. The van der Waals surface area contributed by atoms with Crippen LogP contribution in [-0.4, -0.2) is 16.9 Å². The van der Waals surface area contributed by atoms with Gasteiger partial charge in [0.15, 0.2) is 6.23 Å². The van der Waals surface area contributed by atoms with Crippen molar-refractivity contribution in [3.05, 3.63) is 77.4 Å². The highest BCUT2D eigenvalue weighted by atomic mass is 16.5. The fourth-order valence-corrected chi connectivity index (χ4v) is 4.78. The fourth-order valence-electron chi connectivity index (χ4n) is 4.78. The lowest BCUT2D eigenvalue weighted by Crippen LogP contribution is -2.41. The van der Waals surface area contributed by atoms with Crippen LogP contribution in [0.5, 0.6) is 5.75 Å². The van der Waals surface area contributed by atoms with E-state index in [9.17, 15) is 0 Å². The zero-order valence-corrected chi connectivity index (χ0v) is 16.9. The Labute approximate surface area is 167 Å². The van der Waals surface area contributed by atoms with Crippen molar-refractivity contribution in [3.63, 3.8) is 0 Å². The van der Waals surface area contributed by atoms with Crippen LogP contribution < -0.4 is 4.74 Å². The molecular weight excluding hydrogens is 344 g/mol. The molecule has 0 radical (unpaired) electrons. The molecule has 2 heterocycles. The molecule has 0 fully saturated rings. The van der Waals surface area contributed by atoms with Gasteiger partial charge in [-0.15, -0.1) is 0 Å². The lowest BCUT2D eigenvalue weighted by atomic mass is 9.77. The van der Waals surface area contributed by atoms with E-state index in [1.807, 2.05) is 0 Å². The van der Waals surface area contributed by atoms with Crippen molar-refractivity contribution < 1.29 is 4.74 Å². The normalized spacial score (nSPS) is 27.5. The predicted molar refractivity (Wildman–Crippen MR) is 113 cm³/mol. The number of hydrogen-bond acceptors (Lipinski definition) is 3. The van der Waals surface area contributed by atoms with Gasteiger partial charge in [0, 0.05) is 18.4 Å². The molecule has 0 saturated heterocycles. The van der Waals surface area contributed by atoms with Crippen molar-refractivity contribution in [3.8, 4) is 5.75 Å². The molecule has 0 amide bonds. The number of allylic oxidation sites excluding steroid dienone is 1. The number of para-hydroxylation sites is 1. The maximum atomic E-state index is 6.50. The minimum absolute atomic E-state index is 0.0445. The summed E-state index contributed by atoms with van der Waals surface area (Å²) in [5.41, 5.74) is 5.35. The number of ether oxygens (including phenoxy) is 1.